The molecule has 3 aromatic carbocycles. The van der Waals surface area contributed by atoms with E-state index in [1.807, 2.05) is 24.3 Å². The Morgan fingerprint density at radius 3 is 2.33 bits per heavy atom. The number of benzene rings is 3. The zero-order valence-corrected chi connectivity index (χ0v) is 19.3. The average Bonchev–Trinajstić information content (AvgIpc) is 2.84. The lowest BCUT2D eigenvalue weighted by Crippen LogP contribution is -2.37. The van der Waals surface area contributed by atoms with Crippen molar-refractivity contribution in [1.82, 2.24) is 9.21 Å². The summed E-state index contributed by atoms with van der Waals surface area (Å²) < 4.78 is 27.1. The summed E-state index contributed by atoms with van der Waals surface area (Å²) in [6, 6.07) is 19.2. The molecule has 0 spiro atoms. The smallest absolute Gasteiger partial charge is 0.255 e. The molecule has 0 radical (unpaired) electrons. The maximum Gasteiger partial charge on any atom is 0.255 e. The quantitative estimate of drug-likeness (QED) is 0.601. The van der Waals surface area contributed by atoms with Crippen LogP contribution in [0, 0.1) is 0 Å². The number of likely N-dealkylation sites (N-methyl/N-ethyl adjacent to an activating group) is 1. The van der Waals surface area contributed by atoms with Gasteiger partial charge in [-0.3, -0.25) is 9.59 Å². The van der Waals surface area contributed by atoms with E-state index >= 15 is 0 Å². The van der Waals surface area contributed by atoms with Gasteiger partial charge in [0.15, 0.2) is 0 Å². The van der Waals surface area contributed by atoms with E-state index in [0.29, 0.717) is 24.3 Å². The number of anilines is 1. The van der Waals surface area contributed by atoms with Gasteiger partial charge >= 0.3 is 0 Å². The highest BCUT2D eigenvalue weighted by molar-refractivity contribution is 7.89. The Bertz CT molecular complexity index is 1280. The zero-order valence-electron chi connectivity index (χ0n) is 18.5. The van der Waals surface area contributed by atoms with Gasteiger partial charge in [-0.1, -0.05) is 42.5 Å². The number of piperidine rings is 1. The molecule has 0 aromatic heterocycles. The maximum atomic E-state index is 13.0. The average molecular weight is 466 g/mol. The summed E-state index contributed by atoms with van der Waals surface area (Å²) in [5.41, 5.74) is 0.794. The van der Waals surface area contributed by atoms with Crippen molar-refractivity contribution >= 4 is 38.3 Å². The highest BCUT2D eigenvalue weighted by atomic mass is 32.2. The van der Waals surface area contributed by atoms with E-state index in [1.165, 1.54) is 7.05 Å². The minimum atomic E-state index is -3.86. The fourth-order valence-electron chi connectivity index (χ4n) is 4.03. The molecule has 0 atom stereocenters. The van der Waals surface area contributed by atoms with Crippen LogP contribution in [0.4, 0.5) is 5.69 Å². The predicted molar refractivity (Wildman–Crippen MR) is 129 cm³/mol. The Hall–Kier alpha value is -3.23. The van der Waals surface area contributed by atoms with Gasteiger partial charge < -0.3 is 10.2 Å². The highest BCUT2D eigenvalue weighted by Gasteiger charge is 2.25. The summed E-state index contributed by atoms with van der Waals surface area (Å²) in [5.74, 6) is -0.636. The van der Waals surface area contributed by atoms with Crippen LogP contribution >= 0.6 is 0 Å². The molecule has 1 aliphatic heterocycles. The predicted octanol–water partition coefficient (Wildman–Crippen LogP) is 3.73. The molecule has 33 heavy (non-hydrogen) atoms. The maximum absolute atomic E-state index is 13.0. The Kier molecular flexibility index (Phi) is 6.76. The van der Waals surface area contributed by atoms with E-state index in [0.717, 1.165) is 34.3 Å². The van der Waals surface area contributed by atoms with Crippen molar-refractivity contribution in [1.29, 1.82) is 0 Å². The van der Waals surface area contributed by atoms with Gasteiger partial charge in [-0.15, -0.1) is 0 Å². The second kappa shape index (κ2) is 9.72. The lowest BCUT2D eigenvalue weighted by atomic mass is 10.1. The van der Waals surface area contributed by atoms with Gasteiger partial charge in [-0.2, -0.15) is 4.31 Å². The summed E-state index contributed by atoms with van der Waals surface area (Å²) in [5, 5.41) is 4.47. The number of nitrogens with one attached hydrogen (secondary N) is 1. The number of carbonyl (C=O) groups is 2. The largest absolute Gasteiger partial charge is 0.339 e. The Balaban J connectivity index is 1.47. The molecule has 1 aliphatic rings. The van der Waals surface area contributed by atoms with Crippen molar-refractivity contribution in [3.63, 3.8) is 0 Å². The normalized spacial score (nSPS) is 14.4. The van der Waals surface area contributed by atoms with Crippen LogP contribution in [0.1, 0.15) is 29.6 Å². The van der Waals surface area contributed by atoms with Crippen LogP contribution in [-0.4, -0.2) is 56.1 Å². The van der Waals surface area contributed by atoms with Gasteiger partial charge in [0, 0.05) is 20.1 Å². The van der Waals surface area contributed by atoms with E-state index in [1.54, 1.807) is 47.4 Å². The van der Waals surface area contributed by atoms with Gasteiger partial charge in [0.2, 0.25) is 15.9 Å². The third-order valence-electron chi connectivity index (χ3n) is 5.87. The molecule has 0 bridgehead atoms. The SMILES string of the molecule is CN(CC(=O)Nc1ccccc1C(=O)N1CCCCC1)S(=O)(=O)c1ccc2ccccc2c1. The first-order chi connectivity index (χ1) is 15.9. The molecule has 1 fully saturated rings. The monoisotopic (exact) mass is 465 g/mol. The second-order valence-corrected chi connectivity index (χ2v) is 10.3. The highest BCUT2D eigenvalue weighted by Crippen LogP contribution is 2.22. The van der Waals surface area contributed by atoms with Crippen LogP contribution in [0.5, 0.6) is 0 Å². The van der Waals surface area contributed by atoms with Crippen LogP contribution < -0.4 is 5.32 Å². The van der Waals surface area contributed by atoms with E-state index in [2.05, 4.69) is 5.32 Å². The number of nitrogens with zero attached hydrogens (tertiary/aromatic N) is 2. The lowest BCUT2D eigenvalue weighted by molar-refractivity contribution is -0.116. The van der Waals surface area contributed by atoms with E-state index in [-0.39, 0.29) is 17.3 Å². The number of rotatable bonds is 6. The van der Waals surface area contributed by atoms with Crippen LogP contribution in [0.15, 0.2) is 71.6 Å². The van der Waals surface area contributed by atoms with Crippen LogP contribution in [0.3, 0.4) is 0 Å². The molecule has 4 rings (SSSR count). The van der Waals surface area contributed by atoms with Crippen molar-refractivity contribution in [2.75, 3.05) is 32.0 Å². The topological polar surface area (TPSA) is 86.8 Å². The number of carbonyl (C=O) groups excluding carboxylic acids is 2. The third-order valence-corrected chi connectivity index (χ3v) is 7.67. The fraction of sp³-hybridized carbons (Fsp3) is 0.280. The zero-order chi connectivity index (χ0) is 23.4. The molecule has 1 saturated heterocycles. The van der Waals surface area contributed by atoms with E-state index in [4.69, 9.17) is 0 Å². The number of hydrogen-bond acceptors (Lipinski definition) is 4. The molecule has 0 saturated carbocycles. The molecule has 172 valence electrons. The Labute approximate surface area is 194 Å². The van der Waals surface area contributed by atoms with Crippen molar-refractivity contribution in [3.8, 4) is 0 Å². The van der Waals surface area contributed by atoms with Crippen molar-refractivity contribution in [3.05, 3.63) is 72.3 Å². The summed E-state index contributed by atoms with van der Waals surface area (Å²) in [4.78, 5) is 27.6. The molecular formula is C25H27N3O4S. The van der Waals surface area contributed by atoms with Gasteiger partial charge in [-0.05, 0) is 54.3 Å². The molecule has 0 aliphatic carbocycles. The number of sulfonamides is 1. The minimum Gasteiger partial charge on any atom is -0.339 e. The van der Waals surface area contributed by atoms with Gasteiger partial charge in [0.05, 0.1) is 22.7 Å². The van der Waals surface area contributed by atoms with Crippen molar-refractivity contribution in [2.45, 2.75) is 24.2 Å². The Morgan fingerprint density at radius 2 is 1.58 bits per heavy atom. The number of fused-ring (bicyclic) bond motifs is 1. The molecular weight excluding hydrogens is 438 g/mol. The van der Waals surface area contributed by atoms with Gasteiger partial charge in [0.1, 0.15) is 0 Å². The first-order valence-corrected chi connectivity index (χ1v) is 12.4. The van der Waals surface area contributed by atoms with Crippen LogP contribution in [0.2, 0.25) is 0 Å². The summed E-state index contributed by atoms with van der Waals surface area (Å²) >= 11 is 0. The standard InChI is InChI=1S/C25H27N3O4S/c1-27(33(31,32)21-14-13-19-9-3-4-10-20(19)17-21)18-24(29)26-23-12-6-5-11-22(23)25(30)28-15-7-2-8-16-28/h3-6,9-14,17H,2,7-8,15-16,18H2,1H3,(H,26,29). The molecule has 0 unspecified atom stereocenters. The fourth-order valence-corrected chi connectivity index (χ4v) is 5.19. The van der Waals surface area contributed by atoms with Crippen molar-refractivity contribution < 1.29 is 18.0 Å². The first-order valence-electron chi connectivity index (χ1n) is 11.0. The first kappa shape index (κ1) is 22.9. The van der Waals surface area contributed by atoms with Crippen LogP contribution in [0.25, 0.3) is 10.8 Å². The summed E-state index contributed by atoms with van der Waals surface area (Å²) in [6.45, 7) is 1.03. The Morgan fingerprint density at radius 1 is 0.909 bits per heavy atom. The molecule has 2 amide bonds. The van der Waals surface area contributed by atoms with E-state index < -0.39 is 15.9 Å². The number of hydrogen-bond donors (Lipinski definition) is 1. The minimum absolute atomic E-state index is 0.122. The number of para-hydroxylation sites is 1. The molecule has 3 aromatic rings. The molecule has 7 nitrogen and oxygen atoms in total. The van der Waals surface area contributed by atoms with Gasteiger partial charge in [-0.25, -0.2) is 8.42 Å². The summed E-state index contributed by atoms with van der Waals surface area (Å²) in [6.07, 6.45) is 3.05. The van der Waals surface area contributed by atoms with Crippen molar-refractivity contribution in [2.24, 2.45) is 0 Å². The summed E-state index contributed by atoms with van der Waals surface area (Å²) in [7, 11) is -2.49. The number of likely N-dealkylation sites (tertiary alicyclic amines) is 1. The third kappa shape index (κ3) is 5.07. The van der Waals surface area contributed by atoms with Crippen LogP contribution in [-0.2, 0) is 14.8 Å². The molecule has 1 N–H and O–H groups in total. The van der Waals surface area contributed by atoms with E-state index in [9.17, 15) is 18.0 Å². The van der Waals surface area contributed by atoms with Gasteiger partial charge in [0.25, 0.3) is 5.91 Å². The number of amides is 2. The molecule has 8 heteroatoms. The second-order valence-electron chi connectivity index (χ2n) is 8.22. The lowest BCUT2D eigenvalue weighted by Gasteiger charge is -2.27. The molecule has 1 heterocycles.